The molecule has 0 saturated heterocycles. The Kier molecular flexibility index (Phi) is 5.45. The number of nitrogens with two attached hydrogens (primary N) is 2. The van der Waals surface area contributed by atoms with Gasteiger partial charge in [0.1, 0.15) is 11.3 Å². The van der Waals surface area contributed by atoms with Crippen LogP contribution in [0.4, 0.5) is 0 Å². The Bertz CT molecular complexity index is 782. The maximum atomic E-state index is 5.75. The zero-order chi connectivity index (χ0) is 17.6. The number of aliphatic imine (C=N–C) groups is 1. The van der Waals surface area contributed by atoms with Gasteiger partial charge in [0, 0.05) is 6.04 Å². The lowest BCUT2D eigenvalue weighted by atomic mass is 9.86. The van der Waals surface area contributed by atoms with E-state index in [1.807, 2.05) is 24.3 Å². The van der Waals surface area contributed by atoms with Gasteiger partial charge in [0.15, 0.2) is 5.84 Å². The zero-order valence-electron chi connectivity index (χ0n) is 14.3. The van der Waals surface area contributed by atoms with Crippen molar-refractivity contribution in [3.8, 4) is 0 Å². The van der Waals surface area contributed by atoms with Crippen LogP contribution in [-0.4, -0.2) is 33.4 Å². The van der Waals surface area contributed by atoms with Gasteiger partial charge < -0.3 is 16.8 Å². The summed E-state index contributed by atoms with van der Waals surface area (Å²) in [5.74, 6) is 1.82. The molecule has 132 valence electrons. The summed E-state index contributed by atoms with van der Waals surface area (Å²) in [5.41, 5.74) is 13.0. The third-order valence-electron chi connectivity index (χ3n) is 4.61. The van der Waals surface area contributed by atoms with Crippen LogP contribution in [0.2, 0.25) is 0 Å². The van der Waals surface area contributed by atoms with Crippen molar-refractivity contribution in [1.82, 2.24) is 20.3 Å². The van der Waals surface area contributed by atoms with Crippen LogP contribution in [0.1, 0.15) is 25.7 Å². The third-order valence-corrected chi connectivity index (χ3v) is 4.61. The lowest BCUT2D eigenvalue weighted by Crippen LogP contribution is -2.34. The van der Waals surface area contributed by atoms with Gasteiger partial charge in [-0.1, -0.05) is 23.9 Å². The van der Waals surface area contributed by atoms with Crippen molar-refractivity contribution < 1.29 is 0 Å². The van der Waals surface area contributed by atoms with Gasteiger partial charge in [-0.2, -0.15) is 4.68 Å². The number of hydrogen-bond donors (Lipinski definition) is 3. The van der Waals surface area contributed by atoms with E-state index in [-0.39, 0.29) is 0 Å². The third kappa shape index (κ3) is 4.06. The summed E-state index contributed by atoms with van der Waals surface area (Å²) >= 11 is 0. The predicted molar refractivity (Wildman–Crippen MR) is 101 cm³/mol. The molecule has 1 saturated carbocycles. The number of nitrogens with one attached hydrogen (secondary N) is 1. The molecule has 1 fully saturated rings. The molecule has 0 spiro atoms. The molecule has 25 heavy (non-hydrogen) atoms. The van der Waals surface area contributed by atoms with Gasteiger partial charge >= 0.3 is 0 Å². The van der Waals surface area contributed by atoms with Crippen LogP contribution in [0.3, 0.4) is 0 Å². The molecule has 2 aromatic rings. The molecule has 0 amide bonds. The highest BCUT2D eigenvalue weighted by Gasteiger charge is 2.20. The molecule has 1 aliphatic carbocycles. The van der Waals surface area contributed by atoms with Gasteiger partial charge in [-0.15, -0.1) is 5.10 Å². The highest BCUT2D eigenvalue weighted by atomic mass is 15.4. The molecule has 7 heteroatoms. The molecular formula is C18H25N7. The molecule has 5 N–H and O–H groups in total. The average Bonchev–Trinajstić information content (AvgIpc) is 3.06. The number of para-hydroxylation sites is 1. The molecule has 1 aromatic heterocycles. The summed E-state index contributed by atoms with van der Waals surface area (Å²) in [6, 6.07) is 8.10. The number of allylic oxidation sites excluding steroid dienone is 1. The van der Waals surface area contributed by atoms with Crippen molar-refractivity contribution >= 4 is 16.9 Å². The first kappa shape index (κ1) is 17.2. The molecule has 1 aliphatic rings. The Balaban J connectivity index is 1.75. The highest BCUT2D eigenvalue weighted by molar-refractivity contribution is 5.99. The summed E-state index contributed by atoms with van der Waals surface area (Å²) in [6.07, 6.45) is 7.60. The van der Waals surface area contributed by atoms with Gasteiger partial charge in [-0.05, 0) is 62.6 Å². The molecule has 0 atom stereocenters. The molecule has 0 unspecified atom stereocenters. The average molecular weight is 339 g/mol. The monoisotopic (exact) mass is 339 g/mol. The summed E-state index contributed by atoms with van der Waals surface area (Å²) in [5, 5.41) is 11.7. The normalized spacial score (nSPS) is 21.7. The van der Waals surface area contributed by atoms with Crippen molar-refractivity contribution in [2.24, 2.45) is 22.4 Å². The topological polar surface area (TPSA) is 107 Å². The molecular weight excluding hydrogens is 314 g/mol. The highest BCUT2D eigenvalue weighted by Crippen LogP contribution is 2.23. The molecule has 7 nitrogen and oxygen atoms in total. The summed E-state index contributed by atoms with van der Waals surface area (Å²) < 4.78 is 1.66. The van der Waals surface area contributed by atoms with E-state index < -0.39 is 0 Å². The van der Waals surface area contributed by atoms with Gasteiger partial charge in [0.2, 0.25) is 0 Å². The minimum atomic E-state index is 0.384. The molecule has 0 aliphatic heterocycles. The van der Waals surface area contributed by atoms with E-state index in [1.54, 1.807) is 10.8 Å². The van der Waals surface area contributed by atoms with Crippen LogP contribution < -0.4 is 16.8 Å². The second-order valence-corrected chi connectivity index (χ2v) is 6.36. The van der Waals surface area contributed by atoms with Crippen molar-refractivity contribution in [3.05, 3.63) is 48.9 Å². The number of nitrogens with zero attached hydrogens (tertiary/aromatic N) is 4. The van der Waals surface area contributed by atoms with Crippen molar-refractivity contribution in [1.29, 1.82) is 0 Å². The number of aromatic nitrogens is 3. The van der Waals surface area contributed by atoms with E-state index >= 15 is 0 Å². The Morgan fingerprint density at radius 2 is 2.08 bits per heavy atom. The predicted octanol–water partition coefficient (Wildman–Crippen LogP) is 1.73. The number of fused-ring (bicyclic) bond motifs is 1. The zero-order valence-corrected chi connectivity index (χ0v) is 14.3. The van der Waals surface area contributed by atoms with E-state index in [9.17, 15) is 0 Å². The fourth-order valence-corrected chi connectivity index (χ4v) is 3.23. The van der Waals surface area contributed by atoms with E-state index in [1.165, 1.54) is 6.20 Å². The van der Waals surface area contributed by atoms with Crippen molar-refractivity contribution in [2.45, 2.75) is 31.7 Å². The minimum absolute atomic E-state index is 0.384. The van der Waals surface area contributed by atoms with Crippen LogP contribution in [0, 0.1) is 5.92 Å². The Labute approximate surface area is 147 Å². The second kappa shape index (κ2) is 7.94. The molecule has 0 bridgehead atoms. The molecule has 0 radical (unpaired) electrons. The first-order valence-electron chi connectivity index (χ1n) is 8.64. The van der Waals surface area contributed by atoms with Crippen molar-refractivity contribution in [3.63, 3.8) is 0 Å². The molecule has 1 aromatic carbocycles. The number of hydrogen-bond acceptors (Lipinski definition) is 6. The first-order chi connectivity index (χ1) is 12.2. The SMILES string of the molecule is C=C(N=C(/C=C\N)n1nnc2ccccc21)NC1CCC(CN)CC1. The number of benzene rings is 1. The maximum Gasteiger partial charge on any atom is 0.159 e. The molecule has 1 heterocycles. The van der Waals surface area contributed by atoms with Gasteiger partial charge in [-0.3, -0.25) is 0 Å². The largest absolute Gasteiger partial charge is 0.404 e. The van der Waals surface area contributed by atoms with Crippen LogP contribution >= 0.6 is 0 Å². The smallest absolute Gasteiger partial charge is 0.159 e. The van der Waals surface area contributed by atoms with E-state index in [0.717, 1.165) is 43.3 Å². The standard InChI is InChI=1S/C18H25N7/c1-13(21-15-8-6-14(12-20)7-9-15)22-18(10-11-19)25-17-5-3-2-4-16(17)23-24-25/h2-5,10-11,14-15,21H,1,6-9,12,19-20H2/b11-10-,22-18?. The molecule has 3 rings (SSSR count). The van der Waals surface area contributed by atoms with E-state index in [2.05, 4.69) is 27.2 Å². The lowest BCUT2D eigenvalue weighted by Gasteiger charge is -2.28. The van der Waals surface area contributed by atoms with E-state index in [0.29, 0.717) is 23.6 Å². The van der Waals surface area contributed by atoms with Crippen LogP contribution in [-0.2, 0) is 0 Å². The fraction of sp³-hybridized carbons (Fsp3) is 0.389. The van der Waals surface area contributed by atoms with Crippen LogP contribution in [0.25, 0.3) is 11.0 Å². The summed E-state index contributed by atoms with van der Waals surface area (Å²) in [7, 11) is 0. The van der Waals surface area contributed by atoms with Gasteiger partial charge in [-0.25, -0.2) is 4.99 Å². The quantitative estimate of drug-likeness (QED) is 0.568. The summed E-state index contributed by atoms with van der Waals surface area (Å²) in [4.78, 5) is 4.57. The Morgan fingerprint density at radius 1 is 1.32 bits per heavy atom. The lowest BCUT2D eigenvalue weighted by molar-refractivity contribution is 0.308. The minimum Gasteiger partial charge on any atom is -0.404 e. The van der Waals surface area contributed by atoms with Gasteiger partial charge in [0.25, 0.3) is 0 Å². The fourth-order valence-electron chi connectivity index (χ4n) is 3.23. The maximum absolute atomic E-state index is 5.75. The second-order valence-electron chi connectivity index (χ2n) is 6.36. The Morgan fingerprint density at radius 3 is 2.80 bits per heavy atom. The van der Waals surface area contributed by atoms with Crippen LogP contribution in [0.5, 0.6) is 0 Å². The van der Waals surface area contributed by atoms with Crippen molar-refractivity contribution in [2.75, 3.05) is 6.54 Å². The van der Waals surface area contributed by atoms with E-state index in [4.69, 9.17) is 11.5 Å². The Hall–Kier alpha value is -2.67. The van der Waals surface area contributed by atoms with Gasteiger partial charge in [0.05, 0.1) is 5.52 Å². The number of rotatable bonds is 5. The first-order valence-corrected chi connectivity index (χ1v) is 8.64. The summed E-state index contributed by atoms with van der Waals surface area (Å²) in [6.45, 7) is 4.81. The van der Waals surface area contributed by atoms with Crippen LogP contribution in [0.15, 0.2) is 53.9 Å².